The van der Waals surface area contributed by atoms with E-state index in [9.17, 15) is 22.8 Å². The van der Waals surface area contributed by atoms with Crippen molar-refractivity contribution in [2.24, 2.45) is 0 Å². The predicted octanol–water partition coefficient (Wildman–Crippen LogP) is 2.75. The third-order valence-corrected chi connectivity index (χ3v) is 4.29. The first-order valence-electron chi connectivity index (χ1n) is 7.48. The molecule has 3 amide bonds. The Kier molecular flexibility index (Phi) is 6.41. The number of carbonyl (C=O) groups excluding carboxylic acids is 2. The Morgan fingerprint density at radius 1 is 1.29 bits per heavy atom. The summed E-state index contributed by atoms with van der Waals surface area (Å²) < 4.78 is 37.6. The smallest absolute Gasteiger partial charge is 0.335 e. The summed E-state index contributed by atoms with van der Waals surface area (Å²) in [6.07, 6.45) is 0.400. The van der Waals surface area contributed by atoms with Crippen molar-refractivity contribution in [2.75, 3.05) is 5.75 Å². The molecule has 132 valence electrons. The lowest BCUT2D eigenvalue weighted by Crippen LogP contribution is -2.43. The molecule has 0 spiro atoms. The van der Waals surface area contributed by atoms with Gasteiger partial charge in [-0.1, -0.05) is 24.6 Å². The van der Waals surface area contributed by atoms with Crippen molar-refractivity contribution in [1.29, 1.82) is 0 Å². The Morgan fingerprint density at radius 2 is 2.00 bits per heavy atom. The van der Waals surface area contributed by atoms with Crippen LogP contribution in [-0.2, 0) is 11.0 Å². The maximum absolute atomic E-state index is 12.5. The summed E-state index contributed by atoms with van der Waals surface area (Å²) in [6.45, 7) is 0. The zero-order valence-corrected chi connectivity index (χ0v) is 13.5. The highest BCUT2D eigenvalue weighted by molar-refractivity contribution is 7.99. The number of rotatable bonds is 5. The number of nitrogens with one attached hydrogen (secondary N) is 2. The van der Waals surface area contributed by atoms with Crippen LogP contribution in [0, 0.1) is 0 Å². The van der Waals surface area contributed by atoms with Crippen LogP contribution in [0.4, 0.5) is 18.0 Å². The summed E-state index contributed by atoms with van der Waals surface area (Å²) in [4.78, 5) is 30.3. The average molecular weight is 362 g/mol. The molecule has 6 nitrogen and oxygen atoms in total. The molecule has 0 atom stereocenters. The highest BCUT2D eigenvalue weighted by Gasteiger charge is 2.32. The van der Waals surface area contributed by atoms with Crippen LogP contribution in [0.5, 0.6) is 0 Å². The van der Waals surface area contributed by atoms with E-state index in [0.29, 0.717) is 0 Å². The number of nitrogens with zero attached hydrogens (tertiary/aromatic N) is 2. The molecule has 0 radical (unpaired) electrons. The van der Waals surface area contributed by atoms with E-state index in [1.807, 2.05) is 0 Å². The first-order valence-corrected chi connectivity index (χ1v) is 8.46. The van der Waals surface area contributed by atoms with Crippen molar-refractivity contribution in [1.82, 2.24) is 20.6 Å². The number of alkyl halides is 3. The second-order valence-corrected chi connectivity index (χ2v) is 6.39. The molecule has 0 unspecified atom stereocenters. The maximum Gasteiger partial charge on any atom is 0.433 e. The van der Waals surface area contributed by atoms with Gasteiger partial charge < -0.3 is 5.32 Å². The first-order chi connectivity index (χ1) is 11.3. The Morgan fingerprint density at radius 3 is 2.67 bits per heavy atom. The van der Waals surface area contributed by atoms with Crippen LogP contribution in [0.1, 0.15) is 37.8 Å². The van der Waals surface area contributed by atoms with Gasteiger partial charge in [-0.25, -0.2) is 14.8 Å². The molecule has 1 aliphatic carbocycles. The standard InChI is InChI=1S/C14H17F3N4O2S/c15-14(16,17)10-5-7-18-13(20-10)24-8-6-11(22)21-12(23)19-9-3-1-2-4-9/h5,7,9H,1-4,6,8H2,(H2,19,21,22,23). The van der Waals surface area contributed by atoms with Crippen molar-refractivity contribution in [3.63, 3.8) is 0 Å². The largest absolute Gasteiger partial charge is 0.433 e. The van der Waals surface area contributed by atoms with E-state index in [1.165, 1.54) is 0 Å². The number of aromatic nitrogens is 2. The number of urea groups is 1. The van der Waals surface area contributed by atoms with Gasteiger partial charge in [0.1, 0.15) is 5.69 Å². The van der Waals surface area contributed by atoms with Crippen molar-refractivity contribution in [2.45, 2.75) is 49.5 Å². The molecule has 24 heavy (non-hydrogen) atoms. The summed E-state index contributed by atoms with van der Waals surface area (Å²) in [5, 5.41) is 4.86. The lowest BCUT2D eigenvalue weighted by Gasteiger charge is -2.12. The number of carbonyl (C=O) groups is 2. The second-order valence-electron chi connectivity index (χ2n) is 5.32. The SMILES string of the molecule is O=C(CCSc1nccc(C(F)(F)F)n1)NC(=O)NC1CCCC1. The molecule has 1 aromatic rings. The summed E-state index contributed by atoms with van der Waals surface area (Å²) >= 11 is 0.924. The quantitative estimate of drug-likeness (QED) is 0.622. The van der Waals surface area contributed by atoms with Gasteiger partial charge in [0.05, 0.1) is 0 Å². The van der Waals surface area contributed by atoms with Gasteiger partial charge in [-0.15, -0.1) is 0 Å². The van der Waals surface area contributed by atoms with E-state index in [2.05, 4.69) is 20.6 Å². The van der Waals surface area contributed by atoms with E-state index in [1.54, 1.807) is 0 Å². The van der Waals surface area contributed by atoms with Gasteiger partial charge in [0.15, 0.2) is 5.16 Å². The lowest BCUT2D eigenvalue weighted by molar-refractivity contribution is -0.141. The molecule has 2 rings (SSSR count). The fourth-order valence-corrected chi connectivity index (χ4v) is 3.05. The van der Waals surface area contributed by atoms with Crippen molar-refractivity contribution in [3.05, 3.63) is 18.0 Å². The minimum atomic E-state index is -4.53. The normalized spacial score (nSPS) is 15.3. The van der Waals surface area contributed by atoms with E-state index < -0.39 is 23.8 Å². The summed E-state index contributed by atoms with van der Waals surface area (Å²) in [7, 11) is 0. The molecule has 0 aliphatic heterocycles. The average Bonchev–Trinajstić information content (AvgIpc) is 2.99. The van der Waals surface area contributed by atoms with Gasteiger partial charge in [-0.2, -0.15) is 13.2 Å². The Labute approximate surface area is 141 Å². The molecule has 0 bridgehead atoms. The van der Waals surface area contributed by atoms with Gasteiger partial charge in [-0.05, 0) is 18.9 Å². The second kappa shape index (κ2) is 8.32. The van der Waals surface area contributed by atoms with Gasteiger partial charge in [0, 0.05) is 24.4 Å². The zero-order chi connectivity index (χ0) is 17.6. The molecule has 1 aliphatic rings. The number of amides is 3. The summed E-state index contributed by atoms with van der Waals surface area (Å²) in [6, 6.07) is 0.349. The first kappa shape index (κ1) is 18.5. The molecular weight excluding hydrogens is 345 g/mol. The number of imide groups is 1. The number of hydrogen-bond donors (Lipinski definition) is 2. The van der Waals surface area contributed by atoms with Gasteiger partial charge in [-0.3, -0.25) is 10.1 Å². The highest BCUT2D eigenvalue weighted by atomic mass is 32.2. The van der Waals surface area contributed by atoms with Crippen LogP contribution < -0.4 is 10.6 Å². The van der Waals surface area contributed by atoms with Gasteiger partial charge in [0.25, 0.3) is 0 Å². The minimum absolute atomic E-state index is 0.0254. The van der Waals surface area contributed by atoms with Crippen LogP contribution in [0.25, 0.3) is 0 Å². The third kappa shape index (κ3) is 5.99. The molecule has 0 saturated heterocycles. The minimum Gasteiger partial charge on any atom is -0.335 e. The van der Waals surface area contributed by atoms with E-state index in [0.717, 1.165) is 49.7 Å². The molecule has 1 heterocycles. The Balaban J connectivity index is 1.71. The van der Waals surface area contributed by atoms with Gasteiger partial charge in [0.2, 0.25) is 5.91 Å². The molecule has 2 N–H and O–H groups in total. The van der Waals surface area contributed by atoms with Crippen LogP contribution in [0.2, 0.25) is 0 Å². The topological polar surface area (TPSA) is 84.0 Å². The van der Waals surface area contributed by atoms with Crippen LogP contribution in [0.3, 0.4) is 0 Å². The monoisotopic (exact) mass is 362 g/mol. The molecule has 1 fully saturated rings. The fraction of sp³-hybridized carbons (Fsp3) is 0.571. The Hall–Kier alpha value is -1.84. The predicted molar refractivity (Wildman–Crippen MR) is 81.3 cm³/mol. The van der Waals surface area contributed by atoms with Crippen LogP contribution in [0.15, 0.2) is 17.4 Å². The maximum atomic E-state index is 12.5. The molecule has 10 heteroatoms. The number of halogens is 3. The van der Waals surface area contributed by atoms with E-state index in [-0.39, 0.29) is 23.4 Å². The van der Waals surface area contributed by atoms with E-state index >= 15 is 0 Å². The number of hydrogen-bond acceptors (Lipinski definition) is 5. The summed E-state index contributed by atoms with van der Waals surface area (Å²) in [5.41, 5.74) is -1.03. The van der Waals surface area contributed by atoms with Crippen molar-refractivity contribution < 1.29 is 22.8 Å². The number of thioether (sulfide) groups is 1. The third-order valence-electron chi connectivity index (χ3n) is 3.43. The van der Waals surface area contributed by atoms with Crippen molar-refractivity contribution in [3.8, 4) is 0 Å². The summed E-state index contributed by atoms with van der Waals surface area (Å²) in [5.74, 6) is -0.325. The fourth-order valence-electron chi connectivity index (χ4n) is 2.28. The molecule has 1 aromatic heterocycles. The van der Waals surface area contributed by atoms with Crippen LogP contribution >= 0.6 is 11.8 Å². The molecule has 0 aromatic carbocycles. The van der Waals surface area contributed by atoms with Crippen LogP contribution in [-0.4, -0.2) is 33.7 Å². The lowest BCUT2D eigenvalue weighted by atomic mass is 10.2. The molecule has 1 saturated carbocycles. The Bertz CT molecular complexity index is 592. The highest BCUT2D eigenvalue weighted by Crippen LogP contribution is 2.28. The van der Waals surface area contributed by atoms with E-state index in [4.69, 9.17) is 0 Å². The zero-order valence-electron chi connectivity index (χ0n) is 12.7. The molecular formula is C14H17F3N4O2S. The van der Waals surface area contributed by atoms with Crippen molar-refractivity contribution >= 4 is 23.7 Å². The van der Waals surface area contributed by atoms with Gasteiger partial charge >= 0.3 is 12.2 Å².